The standard InChI is InChI=1S/C8H14O3/c1-7(2,3)5-4-8(5,11)6(9)10/h5,11H,4H2,1-3H3,(H,9,10). The molecule has 64 valence electrons. The van der Waals surface area contributed by atoms with E-state index in [1.54, 1.807) is 0 Å². The van der Waals surface area contributed by atoms with Gasteiger partial charge in [0.25, 0.3) is 0 Å². The normalized spacial score (nSPS) is 36.9. The molecule has 0 bridgehead atoms. The molecular weight excluding hydrogens is 144 g/mol. The Labute approximate surface area is 66.0 Å². The Morgan fingerprint density at radius 2 is 2.00 bits per heavy atom. The molecule has 1 aliphatic rings. The van der Waals surface area contributed by atoms with Crippen LogP contribution in [0.25, 0.3) is 0 Å². The van der Waals surface area contributed by atoms with Crippen molar-refractivity contribution in [2.75, 3.05) is 0 Å². The largest absolute Gasteiger partial charge is 0.479 e. The molecule has 2 N–H and O–H groups in total. The van der Waals surface area contributed by atoms with E-state index in [2.05, 4.69) is 0 Å². The van der Waals surface area contributed by atoms with Crippen molar-refractivity contribution in [2.24, 2.45) is 11.3 Å². The highest BCUT2D eigenvalue weighted by atomic mass is 16.4. The molecule has 1 fully saturated rings. The molecule has 1 saturated carbocycles. The van der Waals surface area contributed by atoms with Crippen molar-refractivity contribution in [3.05, 3.63) is 0 Å². The van der Waals surface area contributed by atoms with Crippen LogP contribution in [0.1, 0.15) is 27.2 Å². The van der Waals surface area contributed by atoms with Crippen LogP contribution < -0.4 is 0 Å². The second kappa shape index (κ2) is 1.97. The predicted octanol–water partition coefficient (Wildman–Crippen LogP) is 0.868. The maximum atomic E-state index is 10.5. The Hall–Kier alpha value is -0.570. The molecular formula is C8H14O3. The van der Waals surface area contributed by atoms with Gasteiger partial charge >= 0.3 is 5.97 Å². The lowest BCUT2D eigenvalue weighted by molar-refractivity contribution is -0.151. The highest BCUT2D eigenvalue weighted by Crippen LogP contribution is 2.53. The van der Waals surface area contributed by atoms with Crippen molar-refractivity contribution in [1.82, 2.24) is 0 Å². The molecule has 2 unspecified atom stereocenters. The first-order valence-corrected chi connectivity index (χ1v) is 3.74. The van der Waals surface area contributed by atoms with Crippen LogP contribution in [0.5, 0.6) is 0 Å². The number of hydrogen-bond acceptors (Lipinski definition) is 2. The van der Waals surface area contributed by atoms with E-state index in [4.69, 9.17) is 5.11 Å². The fraction of sp³-hybridized carbons (Fsp3) is 0.875. The van der Waals surface area contributed by atoms with E-state index in [9.17, 15) is 9.90 Å². The van der Waals surface area contributed by atoms with E-state index in [-0.39, 0.29) is 11.3 Å². The third-order valence-corrected chi connectivity index (χ3v) is 2.35. The van der Waals surface area contributed by atoms with E-state index < -0.39 is 11.6 Å². The van der Waals surface area contributed by atoms with Gasteiger partial charge in [-0.1, -0.05) is 20.8 Å². The van der Waals surface area contributed by atoms with Crippen molar-refractivity contribution >= 4 is 5.97 Å². The zero-order valence-electron chi connectivity index (χ0n) is 7.09. The van der Waals surface area contributed by atoms with Crippen molar-refractivity contribution in [3.8, 4) is 0 Å². The lowest BCUT2D eigenvalue weighted by atomic mass is 9.88. The van der Waals surface area contributed by atoms with Gasteiger partial charge in [0.05, 0.1) is 0 Å². The Kier molecular flexibility index (Phi) is 1.53. The van der Waals surface area contributed by atoms with Gasteiger partial charge in [-0.3, -0.25) is 0 Å². The van der Waals surface area contributed by atoms with Crippen LogP contribution in [0.15, 0.2) is 0 Å². The van der Waals surface area contributed by atoms with Gasteiger partial charge < -0.3 is 10.2 Å². The van der Waals surface area contributed by atoms with Gasteiger partial charge in [0.1, 0.15) is 0 Å². The number of aliphatic carboxylic acids is 1. The van der Waals surface area contributed by atoms with Crippen LogP contribution in [-0.4, -0.2) is 21.8 Å². The van der Waals surface area contributed by atoms with Gasteiger partial charge in [0.2, 0.25) is 0 Å². The summed E-state index contributed by atoms with van der Waals surface area (Å²) in [6.45, 7) is 5.83. The van der Waals surface area contributed by atoms with Gasteiger partial charge in [-0.05, 0) is 11.8 Å². The van der Waals surface area contributed by atoms with Gasteiger partial charge in [0.15, 0.2) is 5.60 Å². The number of hydrogen-bond donors (Lipinski definition) is 2. The van der Waals surface area contributed by atoms with Crippen LogP contribution in [0.2, 0.25) is 0 Å². The first-order chi connectivity index (χ1) is 4.78. The SMILES string of the molecule is CC(C)(C)C1CC1(O)C(=O)O. The summed E-state index contributed by atoms with van der Waals surface area (Å²) in [4.78, 5) is 10.5. The molecule has 0 spiro atoms. The Morgan fingerprint density at radius 3 is 2.09 bits per heavy atom. The second-order valence-electron chi connectivity index (χ2n) is 4.35. The molecule has 0 amide bonds. The Bertz CT molecular complexity index is 192. The summed E-state index contributed by atoms with van der Waals surface area (Å²) in [7, 11) is 0. The summed E-state index contributed by atoms with van der Waals surface area (Å²) in [5.74, 6) is -1.18. The maximum Gasteiger partial charge on any atom is 0.336 e. The molecule has 0 aromatic heterocycles. The van der Waals surface area contributed by atoms with E-state index in [0.29, 0.717) is 6.42 Å². The fourth-order valence-corrected chi connectivity index (χ4v) is 1.51. The smallest absolute Gasteiger partial charge is 0.336 e. The third-order valence-electron chi connectivity index (χ3n) is 2.35. The van der Waals surface area contributed by atoms with Crippen molar-refractivity contribution < 1.29 is 15.0 Å². The molecule has 11 heavy (non-hydrogen) atoms. The highest BCUT2D eigenvalue weighted by Gasteiger charge is 2.63. The molecule has 2 atom stereocenters. The van der Waals surface area contributed by atoms with Gasteiger partial charge in [-0.15, -0.1) is 0 Å². The number of carboxylic acid groups (broad SMARTS) is 1. The predicted molar refractivity (Wildman–Crippen MR) is 40.1 cm³/mol. The summed E-state index contributed by atoms with van der Waals surface area (Å²) in [5.41, 5.74) is -1.54. The average molecular weight is 158 g/mol. The van der Waals surface area contributed by atoms with Crippen molar-refractivity contribution in [2.45, 2.75) is 32.8 Å². The van der Waals surface area contributed by atoms with Gasteiger partial charge in [-0.2, -0.15) is 0 Å². The Morgan fingerprint density at radius 1 is 1.55 bits per heavy atom. The molecule has 0 radical (unpaired) electrons. The number of carbonyl (C=O) groups is 1. The minimum absolute atomic E-state index is 0.0903. The number of rotatable bonds is 1. The summed E-state index contributed by atoms with van der Waals surface area (Å²) in [6.07, 6.45) is 0.395. The monoisotopic (exact) mass is 158 g/mol. The molecule has 0 aromatic carbocycles. The molecule has 0 heterocycles. The molecule has 0 saturated heterocycles. The van der Waals surface area contributed by atoms with E-state index in [1.807, 2.05) is 20.8 Å². The highest BCUT2D eigenvalue weighted by molar-refractivity contribution is 5.81. The molecule has 0 aromatic rings. The van der Waals surface area contributed by atoms with Crippen LogP contribution in [0.4, 0.5) is 0 Å². The van der Waals surface area contributed by atoms with Crippen molar-refractivity contribution in [3.63, 3.8) is 0 Å². The molecule has 1 aliphatic carbocycles. The van der Waals surface area contributed by atoms with E-state index in [0.717, 1.165) is 0 Å². The maximum absolute atomic E-state index is 10.5. The third kappa shape index (κ3) is 1.25. The summed E-state index contributed by atoms with van der Waals surface area (Å²) < 4.78 is 0. The quantitative estimate of drug-likeness (QED) is 0.595. The number of carboxylic acids is 1. The topological polar surface area (TPSA) is 57.5 Å². The molecule has 3 nitrogen and oxygen atoms in total. The van der Waals surface area contributed by atoms with Gasteiger partial charge in [-0.25, -0.2) is 4.79 Å². The average Bonchev–Trinajstić information content (AvgIpc) is 2.41. The summed E-state index contributed by atoms with van der Waals surface area (Å²) in [6, 6.07) is 0. The summed E-state index contributed by atoms with van der Waals surface area (Å²) in [5, 5.41) is 18.0. The minimum atomic E-state index is -1.43. The molecule has 3 heteroatoms. The zero-order chi connectivity index (χ0) is 8.86. The zero-order valence-corrected chi connectivity index (χ0v) is 7.09. The second-order valence-corrected chi connectivity index (χ2v) is 4.35. The van der Waals surface area contributed by atoms with Crippen LogP contribution in [0, 0.1) is 11.3 Å². The van der Waals surface area contributed by atoms with E-state index in [1.165, 1.54) is 0 Å². The van der Waals surface area contributed by atoms with Crippen LogP contribution in [-0.2, 0) is 4.79 Å². The first-order valence-electron chi connectivity index (χ1n) is 3.74. The van der Waals surface area contributed by atoms with Crippen molar-refractivity contribution in [1.29, 1.82) is 0 Å². The lowest BCUT2D eigenvalue weighted by Crippen LogP contribution is -2.28. The van der Waals surface area contributed by atoms with Crippen LogP contribution >= 0.6 is 0 Å². The van der Waals surface area contributed by atoms with Gasteiger partial charge in [0, 0.05) is 5.92 Å². The van der Waals surface area contributed by atoms with E-state index >= 15 is 0 Å². The number of aliphatic hydroxyl groups is 1. The lowest BCUT2D eigenvalue weighted by Gasteiger charge is -2.19. The fourth-order valence-electron chi connectivity index (χ4n) is 1.51. The first kappa shape index (κ1) is 8.53. The molecule has 0 aliphatic heterocycles. The van der Waals surface area contributed by atoms with Crippen LogP contribution in [0.3, 0.4) is 0 Å². The minimum Gasteiger partial charge on any atom is -0.479 e. The Balaban J connectivity index is 2.68. The molecule has 1 rings (SSSR count). The summed E-state index contributed by atoms with van der Waals surface area (Å²) >= 11 is 0.